The van der Waals surface area contributed by atoms with Crippen LogP contribution < -0.4 is 0 Å². The van der Waals surface area contributed by atoms with Crippen LogP contribution in [0.5, 0.6) is 0 Å². The van der Waals surface area contributed by atoms with Crippen molar-refractivity contribution in [1.82, 2.24) is 15.0 Å². The maximum absolute atomic E-state index is 13.4. The molecule has 4 aromatic rings. The molecule has 5 heteroatoms. The Morgan fingerprint density at radius 3 is 1.93 bits per heavy atom. The molecular weight excluding hydrogens is 374 g/mol. The van der Waals surface area contributed by atoms with Gasteiger partial charge in [0.2, 0.25) is 17.6 Å². The third-order valence-electron chi connectivity index (χ3n) is 5.53. The Kier molecular flexibility index (Phi) is 4.85. The minimum atomic E-state index is -0.309. The first-order chi connectivity index (χ1) is 14.8. The summed E-state index contributed by atoms with van der Waals surface area (Å²) in [5, 5.41) is 4.10. The second kappa shape index (κ2) is 7.95. The summed E-state index contributed by atoms with van der Waals surface area (Å²) in [5.74, 6) is 1.05. The Bertz CT molecular complexity index is 1080. The summed E-state index contributed by atoms with van der Waals surface area (Å²) in [6.07, 6.45) is 0. The second-order valence-corrected chi connectivity index (χ2v) is 7.52. The molecule has 1 aliphatic rings. The molecule has 3 aromatic carbocycles. The first-order valence-corrected chi connectivity index (χ1v) is 10.1. The van der Waals surface area contributed by atoms with E-state index in [0.29, 0.717) is 24.8 Å². The van der Waals surface area contributed by atoms with Crippen molar-refractivity contribution in [3.63, 3.8) is 0 Å². The van der Waals surface area contributed by atoms with Crippen LogP contribution in [0.25, 0.3) is 11.4 Å². The lowest BCUT2D eigenvalue weighted by Gasteiger charge is -2.39. The highest BCUT2D eigenvalue weighted by Gasteiger charge is 2.39. The van der Waals surface area contributed by atoms with Crippen molar-refractivity contribution in [2.75, 3.05) is 13.1 Å². The second-order valence-electron chi connectivity index (χ2n) is 7.52. The van der Waals surface area contributed by atoms with Gasteiger partial charge in [0.1, 0.15) is 0 Å². The molecule has 5 rings (SSSR count). The predicted molar refractivity (Wildman–Crippen MR) is 114 cm³/mol. The summed E-state index contributed by atoms with van der Waals surface area (Å²) in [4.78, 5) is 19.8. The topological polar surface area (TPSA) is 59.2 Å². The van der Waals surface area contributed by atoms with Crippen molar-refractivity contribution in [2.24, 2.45) is 0 Å². The Labute approximate surface area is 175 Å². The summed E-state index contributed by atoms with van der Waals surface area (Å²) in [6.45, 7) is 1.18. The number of nitrogens with zero attached hydrogens (tertiary/aromatic N) is 3. The number of carbonyl (C=O) groups is 1. The highest BCUT2D eigenvalue weighted by atomic mass is 16.5. The molecule has 148 valence electrons. The first kappa shape index (κ1) is 18.3. The zero-order valence-electron chi connectivity index (χ0n) is 16.4. The van der Waals surface area contributed by atoms with Gasteiger partial charge in [-0.05, 0) is 11.1 Å². The Balaban J connectivity index is 1.32. The third kappa shape index (κ3) is 3.50. The fraction of sp³-hybridized carbons (Fsp3) is 0.160. The van der Waals surface area contributed by atoms with Crippen molar-refractivity contribution in [3.05, 3.63) is 108 Å². The van der Waals surface area contributed by atoms with E-state index in [9.17, 15) is 4.79 Å². The maximum atomic E-state index is 13.4. The average molecular weight is 395 g/mol. The van der Waals surface area contributed by atoms with E-state index < -0.39 is 0 Å². The SMILES string of the molecule is O=C(C(c1ccccc1)c1ccccc1)N1CC(c2nc(-c3ccccc3)no2)C1. The molecule has 5 nitrogen and oxygen atoms in total. The molecule has 0 spiro atoms. The lowest BCUT2D eigenvalue weighted by Crippen LogP contribution is -2.50. The average Bonchev–Trinajstić information content (AvgIpc) is 3.25. The molecule has 0 saturated carbocycles. The van der Waals surface area contributed by atoms with Crippen molar-refractivity contribution >= 4 is 5.91 Å². The fourth-order valence-corrected chi connectivity index (χ4v) is 3.87. The number of likely N-dealkylation sites (tertiary alicyclic amines) is 1. The highest BCUT2D eigenvalue weighted by Crippen LogP contribution is 2.33. The molecule has 1 aliphatic heterocycles. The van der Waals surface area contributed by atoms with Gasteiger partial charge in [0, 0.05) is 18.7 Å². The van der Waals surface area contributed by atoms with Crippen molar-refractivity contribution in [3.8, 4) is 11.4 Å². The zero-order chi connectivity index (χ0) is 20.3. The summed E-state index contributed by atoms with van der Waals surface area (Å²) in [6, 6.07) is 29.6. The molecule has 1 aromatic heterocycles. The molecule has 0 atom stereocenters. The summed E-state index contributed by atoms with van der Waals surface area (Å²) in [5.41, 5.74) is 2.93. The van der Waals surface area contributed by atoms with Gasteiger partial charge in [0.05, 0.1) is 11.8 Å². The first-order valence-electron chi connectivity index (χ1n) is 10.1. The van der Waals surface area contributed by atoms with Crippen molar-refractivity contribution in [2.45, 2.75) is 11.8 Å². The van der Waals surface area contributed by atoms with Gasteiger partial charge < -0.3 is 9.42 Å². The van der Waals surface area contributed by atoms with Gasteiger partial charge in [-0.2, -0.15) is 4.98 Å². The zero-order valence-corrected chi connectivity index (χ0v) is 16.4. The van der Waals surface area contributed by atoms with E-state index in [1.54, 1.807) is 0 Å². The number of hydrogen-bond donors (Lipinski definition) is 0. The number of aromatic nitrogens is 2. The molecule has 0 radical (unpaired) electrons. The standard InChI is InChI=1S/C25H21N3O2/c29-25(22(18-10-4-1-5-11-18)19-12-6-2-7-13-19)28-16-21(17-28)24-26-23(27-30-24)20-14-8-3-9-15-20/h1-15,21-22H,16-17H2. The van der Waals surface area contributed by atoms with Gasteiger partial charge in [0.15, 0.2) is 0 Å². The van der Waals surface area contributed by atoms with Crippen molar-refractivity contribution in [1.29, 1.82) is 0 Å². The van der Waals surface area contributed by atoms with E-state index in [0.717, 1.165) is 16.7 Å². The molecule has 1 amide bonds. The molecule has 1 fully saturated rings. The van der Waals surface area contributed by atoms with Crippen LogP contribution in [-0.4, -0.2) is 34.0 Å². The number of carbonyl (C=O) groups excluding carboxylic acids is 1. The number of hydrogen-bond acceptors (Lipinski definition) is 4. The van der Waals surface area contributed by atoms with E-state index in [2.05, 4.69) is 10.1 Å². The maximum Gasteiger partial charge on any atom is 0.234 e. The van der Waals surface area contributed by atoms with Crippen LogP contribution in [0.15, 0.2) is 95.5 Å². The monoisotopic (exact) mass is 395 g/mol. The molecule has 30 heavy (non-hydrogen) atoms. The predicted octanol–water partition coefficient (Wildman–Crippen LogP) is 4.49. The summed E-state index contributed by atoms with van der Waals surface area (Å²) in [7, 11) is 0. The van der Waals surface area contributed by atoms with Gasteiger partial charge >= 0.3 is 0 Å². The molecule has 0 unspecified atom stereocenters. The van der Waals surface area contributed by atoms with Gasteiger partial charge in [0.25, 0.3) is 0 Å². The van der Waals surface area contributed by atoms with Crippen LogP contribution in [0.4, 0.5) is 0 Å². The van der Waals surface area contributed by atoms with Gasteiger partial charge in [-0.1, -0.05) is 96.2 Å². The Morgan fingerprint density at radius 2 is 1.37 bits per heavy atom. The van der Waals surface area contributed by atoms with Crippen LogP contribution in [0.1, 0.15) is 28.9 Å². The van der Waals surface area contributed by atoms with E-state index in [4.69, 9.17) is 4.52 Å². The number of amides is 1. The van der Waals surface area contributed by atoms with E-state index in [1.165, 1.54) is 0 Å². The van der Waals surface area contributed by atoms with Gasteiger partial charge in [-0.25, -0.2) is 0 Å². The van der Waals surface area contributed by atoms with E-state index in [1.807, 2.05) is 95.9 Å². The molecular formula is C25H21N3O2. The summed E-state index contributed by atoms with van der Waals surface area (Å²) < 4.78 is 5.48. The lowest BCUT2D eigenvalue weighted by molar-refractivity contribution is -0.136. The Morgan fingerprint density at radius 1 is 0.833 bits per heavy atom. The quantitative estimate of drug-likeness (QED) is 0.499. The van der Waals surface area contributed by atoms with E-state index in [-0.39, 0.29) is 17.7 Å². The number of benzene rings is 3. The molecule has 2 heterocycles. The Hall–Kier alpha value is -3.73. The van der Waals surface area contributed by atoms with Crippen LogP contribution in [0.2, 0.25) is 0 Å². The van der Waals surface area contributed by atoms with Crippen LogP contribution in [0, 0.1) is 0 Å². The third-order valence-corrected chi connectivity index (χ3v) is 5.53. The van der Waals surface area contributed by atoms with Gasteiger partial charge in [-0.3, -0.25) is 4.79 Å². The van der Waals surface area contributed by atoms with Gasteiger partial charge in [-0.15, -0.1) is 0 Å². The number of rotatable bonds is 5. The normalized spacial score (nSPS) is 14.0. The highest BCUT2D eigenvalue weighted by molar-refractivity contribution is 5.88. The largest absolute Gasteiger partial charge is 0.340 e. The lowest BCUT2D eigenvalue weighted by atomic mass is 9.88. The summed E-state index contributed by atoms with van der Waals surface area (Å²) >= 11 is 0. The molecule has 0 bridgehead atoms. The van der Waals surface area contributed by atoms with Crippen LogP contribution >= 0.6 is 0 Å². The fourth-order valence-electron chi connectivity index (χ4n) is 3.87. The minimum Gasteiger partial charge on any atom is -0.340 e. The smallest absolute Gasteiger partial charge is 0.234 e. The van der Waals surface area contributed by atoms with E-state index >= 15 is 0 Å². The molecule has 0 aliphatic carbocycles. The molecule has 1 saturated heterocycles. The molecule has 0 N–H and O–H groups in total. The van der Waals surface area contributed by atoms with Crippen LogP contribution in [-0.2, 0) is 4.79 Å². The van der Waals surface area contributed by atoms with Crippen LogP contribution in [0.3, 0.4) is 0 Å². The van der Waals surface area contributed by atoms with Crippen molar-refractivity contribution < 1.29 is 9.32 Å². The minimum absolute atomic E-state index is 0.0751.